The Balaban J connectivity index is 2.19. The van der Waals surface area contributed by atoms with Crippen molar-refractivity contribution in [2.24, 2.45) is 0 Å². The molecule has 1 N–H and O–H groups in total. The van der Waals surface area contributed by atoms with Crippen LogP contribution in [0.2, 0.25) is 0 Å². The Morgan fingerprint density at radius 1 is 1.62 bits per heavy atom. The van der Waals surface area contributed by atoms with Gasteiger partial charge in [-0.15, -0.1) is 0 Å². The van der Waals surface area contributed by atoms with E-state index in [1.807, 2.05) is 41.9 Å². The van der Waals surface area contributed by atoms with E-state index in [0.29, 0.717) is 6.61 Å². The minimum Gasteiger partial charge on any atom is -0.465 e. The smallest absolute Gasteiger partial charge is 0.316 e. The number of pyridine rings is 1. The van der Waals surface area contributed by atoms with Crippen molar-refractivity contribution in [1.82, 2.24) is 4.98 Å². The van der Waals surface area contributed by atoms with Gasteiger partial charge in [0.25, 0.3) is 0 Å². The number of hydrogen-bond acceptors (Lipinski definition) is 4. The average molecular weight is 332 g/mol. The molecule has 0 saturated heterocycles. The lowest BCUT2D eigenvalue weighted by atomic mass is 9.98. The molecule has 1 aromatic heterocycles. The van der Waals surface area contributed by atoms with Crippen LogP contribution in [0.15, 0.2) is 18.3 Å². The molecule has 86 valence electrons. The molecule has 16 heavy (non-hydrogen) atoms. The molecule has 1 fully saturated rings. The van der Waals surface area contributed by atoms with E-state index in [1.54, 1.807) is 6.20 Å². The summed E-state index contributed by atoms with van der Waals surface area (Å²) in [6, 6.07) is 3.82. The zero-order valence-corrected chi connectivity index (χ0v) is 11.2. The second kappa shape index (κ2) is 4.57. The summed E-state index contributed by atoms with van der Waals surface area (Å²) >= 11 is 2.02. The Morgan fingerprint density at radius 3 is 2.81 bits per heavy atom. The maximum absolute atomic E-state index is 11.8. The predicted molar refractivity (Wildman–Crippen MR) is 69.4 cm³/mol. The molecule has 1 heterocycles. The van der Waals surface area contributed by atoms with Gasteiger partial charge in [0.05, 0.1) is 34.9 Å². The largest absolute Gasteiger partial charge is 0.465 e. The van der Waals surface area contributed by atoms with E-state index in [-0.39, 0.29) is 5.97 Å². The minimum absolute atomic E-state index is 0.119. The molecule has 1 aliphatic rings. The van der Waals surface area contributed by atoms with Crippen molar-refractivity contribution in [3.8, 4) is 0 Å². The molecule has 0 aliphatic heterocycles. The Bertz CT molecular complexity index is 387. The molecule has 1 aliphatic carbocycles. The summed E-state index contributed by atoms with van der Waals surface area (Å²) in [6.45, 7) is 2.26. The van der Waals surface area contributed by atoms with Crippen LogP contribution in [0.1, 0.15) is 25.3 Å². The summed E-state index contributed by atoms with van der Waals surface area (Å²) in [4.78, 5) is 16.0. The summed E-state index contributed by atoms with van der Waals surface area (Å²) in [7, 11) is 0. The van der Waals surface area contributed by atoms with Crippen LogP contribution in [0.3, 0.4) is 0 Å². The fraction of sp³-hybridized carbons (Fsp3) is 0.455. The normalized spacial score (nSPS) is 16.6. The topological polar surface area (TPSA) is 51.2 Å². The number of carbonyl (C=O) groups is 1. The molecular weight excluding hydrogens is 319 g/mol. The minimum atomic E-state index is -0.410. The quantitative estimate of drug-likeness (QED) is 0.523. The van der Waals surface area contributed by atoms with Gasteiger partial charge in [-0.2, -0.15) is 0 Å². The number of hydrogen-bond donors (Lipinski definition) is 1. The molecule has 2 rings (SSSR count). The molecule has 0 spiro atoms. The number of rotatable bonds is 4. The number of nitrogens with zero attached hydrogens (tertiary/aromatic N) is 1. The van der Waals surface area contributed by atoms with Gasteiger partial charge in [0.1, 0.15) is 5.82 Å². The van der Waals surface area contributed by atoms with E-state index in [2.05, 4.69) is 8.51 Å². The summed E-state index contributed by atoms with van der Waals surface area (Å²) in [6.07, 6.45) is 3.49. The van der Waals surface area contributed by atoms with Gasteiger partial charge in [-0.05, 0) is 31.4 Å². The van der Waals surface area contributed by atoms with E-state index >= 15 is 0 Å². The molecule has 0 radical (unpaired) electrons. The third kappa shape index (κ3) is 2.00. The summed E-state index contributed by atoms with van der Waals surface area (Å²) in [5.41, 5.74) is 0.550. The van der Waals surface area contributed by atoms with Crippen molar-refractivity contribution < 1.29 is 9.53 Å². The lowest BCUT2D eigenvalue weighted by Crippen LogP contribution is -2.23. The van der Waals surface area contributed by atoms with Crippen LogP contribution in [-0.4, -0.2) is 17.6 Å². The highest BCUT2D eigenvalue weighted by molar-refractivity contribution is 14.1. The lowest BCUT2D eigenvalue weighted by molar-refractivity contribution is -0.146. The van der Waals surface area contributed by atoms with Gasteiger partial charge in [-0.1, -0.05) is 6.07 Å². The number of halogens is 1. The van der Waals surface area contributed by atoms with E-state index < -0.39 is 5.41 Å². The number of anilines is 1. The third-order valence-corrected chi connectivity index (χ3v) is 3.38. The first-order chi connectivity index (χ1) is 7.73. The average Bonchev–Trinajstić information content (AvgIpc) is 3.11. The SMILES string of the molecule is CCOC(=O)C1(c2ccc(NI)nc2)CC1. The van der Waals surface area contributed by atoms with Gasteiger partial charge in [0.15, 0.2) is 0 Å². The highest BCUT2D eigenvalue weighted by atomic mass is 127. The molecule has 0 bridgehead atoms. The van der Waals surface area contributed by atoms with Crippen LogP contribution in [0.4, 0.5) is 5.82 Å². The lowest BCUT2D eigenvalue weighted by Gasteiger charge is -2.13. The molecule has 0 amide bonds. The van der Waals surface area contributed by atoms with Gasteiger partial charge in [-0.25, -0.2) is 4.98 Å². The van der Waals surface area contributed by atoms with Crippen molar-refractivity contribution in [2.45, 2.75) is 25.2 Å². The van der Waals surface area contributed by atoms with Crippen molar-refractivity contribution in [3.05, 3.63) is 23.9 Å². The Morgan fingerprint density at radius 2 is 2.38 bits per heavy atom. The summed E-state index contributed by atoms with van der Waals surface area (Å²) < 4.78 is 8.02. The van der Waals surface area contributed by atoms with E-state index in [4.69, 9.17) is 4.74 Å². The van der Waals surface area contributed by atoms with Crippen LogP contribution in [0, 0.1) is 0 Å². The highest BCUT2D eigenvalue weighted by Gasteiger charge is 2.52. The van der Waals surface area contributed by atoms with E-state index in [0.717, 1.165) is 24.2 Å². The molecule has 4 nitrogen and oxygen atoms in total. The first-order valence-corrected chi connectivity index (χ1v) is 6.31. The summed E-state index contributed by atoms with van der Waals surface area (Å²) in [5, 5.41) is 0. The number of ether oxygens (including phenoxy) is 1. The standard InChI is InChI=1S/C11H13IN2O2/c1-2-16-10(15)11(5-6-11)8-3-4-9(14-12)13-7-8/h3-4,7H,2,5-6H2,1H3,(H,13,14). The van der Waals surface area contributed by atoms with Crippen molar-refractivity contribution >= 4 is 34.7 Å². The molecular formula is C11H13IN2O2. The van der Waals surface area contributed by atoms with Crippen molar-refractivity contribution in [1.29, 1.82) is 0 Å². The Hall–Kier alpha value is -0.850. The third-order valence-electron chi connectivity index (χ3n) is 2.83. The molecule has 0 aromatic carbocycles. The maximum Gasteiger partial charge on any atom is 0.316 e. The number of esters is 1. The Labute approximate surface area is 108 Å². The van der Waals surface area contributed by atoms with Gasteiger partial charge < -0.3 is 8.27 Å². The van der Waals surface area contributed by atoms with Crippen LogP contribution in [0.5, 0.6) is 0 Å². The van der Waals surface area contributed by atoms with Crippen molar-refractivity contribution in [3.63, 3.8) is 0 Å². The zero-order chi connectivity index (χ0) is 11.6. The number of nitrogens with one attached hydrogen (secondary N) is 1. The van der Waals surface area contributed by atoms with Crippen LogP contribution < -0.4 is 3.53 Å². The highest BCUT2D eigenvalue weighted by Crippen LogP contribution is 2.49. The maximum atomic E-state index is 11.8. The number of carbonyl (C=O) groups excluding carboxylic acids is 1. The molecule has 0 atom stereocenters. The van der Waals surface area contributed by atoms with Gasteiger partial charge in [-0.3, -0.25) is 4.79 Å². The van der Waals surface area contributed by atoms with Gasteiger partial charge in [0, 0.05) is 6.20 Å². The molecule has 1 aromatic rings. The monoisotopic (exact) mass is 332 g/mol. The first kappa shape index (κ1) is 11.6. The van der Waals surface area contributed by atoms with Gasteiger partial charge >= 0.3 is 5.97 Å². The first-order valence-electron chi connectivity index (χ1n) is 5.23. The summed E-state index contributed by atoms with van der Waals surface area (Å²) in [5.74, 6) is 0.677. The zero-order valence-electron chi connectivity index (χ0n) is 9.00. The van der Waals surface area contributed by atoms with Crippen LogP contribution in [0.25, 0.3) is 0 Å². The number of aromatic nitrogens is 1. The van der Waals surface area contributed by atoms with Crippen molar-refractivity contribution in [2.75, 3.05) is 10.1 Å². The van der Waals surface area contributed by atoms with Crippen LogP contribution in [-0.2, 0) is 14.9 Å². The fourth-order valence-corrected chi connectivity index (χ4v) is 2.06. The second-order valence-corrected chi connectivity index (χ2v) is 4.37. The van der Waals surface area contributed by atoms with Gasteiger partial charge in [0.2, 0.25) is 0 Å². The molecule has 1 saturated carbocycles. The second-order valence-electron chi connectivity index (χ2n) is 3.83. The fourth-order valence-electron chi connectivity index (χ4n) is 1.74. The van der Waals surface area contributed by atoms with Crippen LogP contribution >= 0.6 is 22.9 Å². The molecule has 0 unspecified atom stereocenters. The molecule has 5 heteroatoms. The van der Waals surface area contributed by atoms with E-state index in [1.165, 1.54) is 0 Å². The Kier molecular flexibility index (Phi) is 3.32. The predicted octanol–water partition coefficient (Wildman–Crippen LogP) is 2.44. The van der Waals surface area contributed by atoms with E-state index in [9.17, 15) is 4.79 Å².